The summed E-state index contributed by atoms with van der Waals surface area (Å²) in [5.74, 6) is 1.36. The normalized spacial score (nSPS) is 22.7. The molecule has 3 aromatic rings. The van der Waals surface area contributed by atoms with Gasteiger partial charge >= 0.3 is 6.09 Å². The molecule has 4 saturated heterocycles. The zero-order valence-electron chi connectivity index (χ0n) is 21.4. The summed E-state index contributed by atoms with van der Waals surface area (Å²) in [6, 6.07) is 8.20. The average Bonchev–Trinajstić information content (AvgIpc) is 3.56. The minimum absolute atomic E-state index is 0.109. The Balaban J connectivity index is 1.19. The van der Waals surface area contributed by atoms with Crippen LogP contribution < -0.4 is 9.64 Å². The summed E-state index contributed by atoms with van der Waals surface area (Å²) in [7, 11) is 0. The molecule has 1 amide bonds. The molecule has 0 spiro atoms. The minimum atomic E-state index is -0.993. The monoisotopic (exact) mass is 518 g/mol. The molecule has 7 heterocycles. The van der Waals surface area contributed by atoms with Gasteiger partial charge in [-0.2, -0.15) is 10.4 Å². The third kappa shape index (κ3) is 4.61. The van der Waals surface area contributed by atoms with Crippen LogP contribution in [0.4, 0.5) is 10.6 Å². The summed E-state index contributed by atoms with van der Waals surface area (Å²) in [5.41, 5.74) is 1.70. The highest BCUT2D eigenvalue weighted by atomic mass is 16.6. The number of ether oxygens (including phenoxy) is 3. The van der Waals surface area contributed by atoms with Gasteiger partial charge in [0, 0.05) is 36.8 Å². The number of rotatable bonds is 6. The number of carbonyl (C=O) groups is 1. The van der Waals surface area contributed by atoms with Gasteiger partial charge in [0.15, 0.2) is 0 Å². The van der Waals surface area contributed by atoms with Crippen LogP contribution in [0.3, 0.4) is 0 Å². The van der Waals surface area contributed by atoms with Crippen LogP contribution in [0, 0.1) is 11.3 Å². The predicted octanol–water partition coefficient (Wildman–Crippen LogP) is 2.61. The van der Waals surface area contributed by atoms with Crippen molar-refractivity contribution in [2.45, 2.75) is 50.5 Å². The maximum absolute atomic E-state index is 12.7. The number of anilines is 1. The maximum Gasteiger partial charge on any atom is 0.410 e. The lowest BCUT2D eigenvalue weighted by molar-refractivity contribution is -0.0217. The summed E-state index contributed by atoms with van der Waals surface area (Å²) < 4.78 is 18.4. The number of amides is 1. The number of aromatic nitrogens is 3. The lowest BCUT2D eigenvalue weighted by atomic mass is 9.88. The molecule has 7 rings (SSSR count). The van der Waals surface area contributed by atoms with Crippen molar-refractivity contribution in [2.24, 2.45) is 0 Å². The second kappa shape index (κ2) is 9.45. The van der Waals surface area contributed by atoms with Gasteiger partial charge in [0.2, 0.25) is 0 Å². The molecule has 4 aliphatic heterocycles. The first kappa shape index (κ1) is 24.5. The van der Waals surface area contributed by atoms with E-state index in [4.69, 9.17) is 19.2 Å². The molecule has 11 heteroatoms. The van der Waals surface area contributed by atoms with E-state index in [0.717, 1.165) is 29.8 Å². The molecular formula is C27H30N6O5. The molecule has 0 aliphatic carbocycles. The number of fused-ring (bicyclic) bond motifs is 3. The topological polar surface area (TPSA) is 125 Å². The van der Waals surface area contributed by atoms with Crippen molar-refractivity contribution in [3.05, 3.63) is 42.4 Å². The van der Waals surface area contributed by atoms with Crippen molar-refractivity contribution in [1.82, 2.24) is 19.5 Å². The van der Waals surface area contributed by atoms with Gasteiger partial charge in [0.25, 0.3) is 0 Å². The molecule has 11 nitrogen and oxygen atoms in total. The van der Waals surface area contributed by atoms with Crippen LogP contribution in [0.5, 0.6) is 5.75 Å². The Labute approximate surface area is 220 Å². The molecule has 2 unspecified atom stereocenters. The van der Waals surface area contributed by atoms with Gasteiger partial charge in [-0.3, -0.25) is 4.90 Å². The third-order valence-corrected chi connectivity index (χ3v) is 7.24. The highest BCUT2D eigenvalue weighted by Crippen LogP contribution is 2.36. The number of nitrogens with zero attached hydrogens (tertiary/aromatic N) is 6. The van der Waals surface area contributed by atoms with Gasteiger partial charge in [-0.15, -0.1) is 0 Å². The average molecular weight is 519 g/mol. The highest BCUT2D eigenvalue weighted by molar-refractivity contribution is 5.85. The zero-order valence-corrected chi connectivity index (χ0v) is 21.4. The van der Waals surface area contributed by atoms with Crippen molar-refractivity contribution >= 4 is 17.4 Å². The molecule has 4 aliphatic rings. The summed E-state index contributed by atoms with van der Waals surface area (Å²) in [4.78, 5) is 21.5. The van der Waals surface area contributed by atoms with Gasteiger partial charge in [-0.25, -0.2) is 14.3 Å². The number of pyridine rings is 2. The highest BCUT2D eigenvalue weighted by Gasteiger charge is 2.49. The summed E-state index contributed by atoms with van der Waals surface area (Å²) in [6.45, 7) is 5.98. The molecule has 38 heavy (non-hydrogen) atoms. The van der Waals surface area contributed by atoms with Gasteiger partial charge in [0.1, 0.15) is 30.3 Å². The first-order valence-corrected chi connectivity index (χ1v) is 12.8. The molecule has 1 N–H and O–H groups in total. The van der Waals surface area contributed by atoms with E-state index in [-0.39, 0.29) is 30.9 Å². The number of piperidine rings is 1. The number of aliphatic hydroxyl groups is 1. The molecule has 0 radical (unpaired) electrons. The Morgan fingerprint density at radius 1 is 1.29 bits per heavy atom. The maximum atomic E-state index is 12.7. The fourth-order valence-electron chi connectivity index (χ4n) is 5.37. The largest absolute Gasteiger partial charge is 0.489 e. The van der Waals surface area contributed by atoms with E-state index in [1.54, 1.807) is 30.8 Å². The van der Waals surface area contributed by atoms with E-state index >= 15 is 0 Å². The molecule has 198 valence electrons. The summed E-state index contributed by atoms with van der Waals surface area (Å²) >= 11 is 0. The summed E-state index contributed by atoms with van der Waals surface area (Å²) in [6.07, 6.45) is 6.35. The third-order valence-electron chi connectivity index (χ3n) is 7.24. The first-order chi connectivity index (χ1) is 18.3. The SMILES string of the molecule is CC(C)(O)COc1cc(-c2ccc(N3CC4C[C@H](C3)N4C(=O)OC3CCOC3)nc2)c2c(C#N)cnn2c1. The molecule has 3 atom stereocenters. The van der Waals surface area contributed by atoms with Crippen LogP contribution in [0.1, 0.15) is 32.3 Å². The predicted molar refractivity (Wildman–Crippen MR) is 137 cm³/mol. The second-order valence-corrected chi connectivity index (χ2v) is 10.8. The number of carbonyl (C=O) groups excluding carboxylic acids is 1. The van der Waals surface area contributed by atoms with Crippen molar-refractivity contribution in [3.8, 4) is 22.9 Å². The van der Waals surface area contributed by atoms with Gasteiger partial charge in [-0.05, 0) is 38.5 Å². The Morgan fingerprint density at radius 3 is 2.76 bits per heavy atom. The number of hydrogen-bond donors (Lipinski definition) is 1. The Morgan fingerprint density at radius 2 is 2.11 bits per heavy atom. The molecule has 0 aromatic carbocycles. The van der Waals surface area contributed by atoms with Crippen LogP contribution in [0.2, 0.25) is 0 Å². The van der Waals surface area contributed by atoms with Crippen LogP contribution in [-0.4, -0.2) is 87.4 Å². The van der Waals surface area contributed by atoms with E-state index < -0.39 is 5.60 Å². The molecule has 3 aromatic heterocycles. The number of hydrogen-bond acceptors (Lipinski definition) is 9. The Bertz CT molecular complexity index is 1370. The first-order valence-electron chi connectivity index (χ1n) is 12.8. The van der Waals surface area contributed by atoms with Gasteiger partial charge in [-0.1, -0.05) is 0 Å². The lowest BCUT2D eigenvalue weighted by Crippen LogP contribution is -2.70. The quantitative estimate of drug-likeness (QED) is 0.524. The zero-order chi connectivity index (χ0) is 26.4. The molecule has 0 saturated carbocycles. The minimum Gasteiger partial charge on any atom is -0.489 e. The molecule has 2 bridgehead atoms. The molecule has 4 fully saturated rings. The van der Waals surface area contributed by atoms with E-state index in [9.17, 15) is 15.2 Å². The van der Waals surface area contributed by atoms with Crippen molar-refractivity contribution in [1.29, 1.82) is 5.26 Å². The fourth-order valence-corrected chi connectivity index (χ4v) is 5.37. The summed E-state index contributed by atoms with van der Waals surface area (Å²) in [5, 5.41) is 24.0. The van der Waals surface area contributed by atoms with Crippen LogP contribution >= 0.6 is 0 Å². The van der Waals surface area contributed by atoms with E-state index in [1.807, 2.05) is 23.1 Å². The standard InChI is InChI=1S/C27H30N6O5/c1-27(2,35)16-37-22-8-23(25-18(9-28)11-30-32(25)14-22)17-3-4-24(29-10-17)31-12-19-7-20(13-31)33(19)26(34)38-21-5-6-36-15-21/h3-4,8,10-11,14,19-21,35H,5-7,12-13,15-16H2,1-2H3/t19-,20?,21?/m1/s1. The lowest BCUT2D eigenvalue weighted by Gasteiger charge is -2.55. The van der Waals surface area contributed by atoms with Crippen molar-refractivity contribution < 1.29 is 24.1 Å². The number of nitriles is 1. The van der Waals surface area contributed by atoms with E-state index in [2.05, 4.69) is 16.1 Å². The van der Waals surface area contributed by atoms with E-state index in [1.165, 1.54) is 6.20 Å². The Kier molecular flexibility index (Phi) is 6.08. The van der Waals surface area contributed by atoms with E-state index in [0.29, 0.717) is 43.1 Å². The van der Waals surface area contributed by atoms with Gasteiger partial charge in [0.05, 0.1) is 54.4 Å². The fraction of sp³-hybridized carbons (Fsp3) is 0.481. The van der Waals surface area contributed by atoms with Crippen LogP contribution in [-0.2, 0) is 9.47 Å². The van der Waals surface area contributed by atoms with Crippen LogP contribution in [0.25, 0.3) is 16.6 Å². The van der Waals surface area contributed by atoms with Crippen molar-refractivity contribution in [3.63, 3.8) is 0 Å². The van der Waals surface area contributed by atoms with Crippen molar-refractivity contribution in [2.75, 3.05) is 37.8 Å². The smallest absolute Gasteiger partial charge is 0.410 e. The molecular weight excluding hydrogens is 488 g/mol. The Hall–Kier alpha value is -3.88. The second-order valence-electron chi connectivity index (χ2n) is 10.8. The van der Waals surface area contributed by atoms with Gasteiger partial charge < -0.3 is 24.2 Å². The van der Waals surface area contributed by atoms with Crippen LogP contribution in [0.15, 0.2) is 36.8 Å². The number of piperazine rings is 1.